The zero-order valence-corrected chi connectivity index (χ0v) is 14.3. The molecule has 0 spiro atoms. The predicted octanol–water partition coefficient (Wildman–Crippen LogP) is 0.288. The molecule has 0 radical (unpaired) electrons. The van der Waals surface area contributed by atoms with E-state index in [9.17, 15) is 18.0 Å². The second-order valence-electron chi connectivity index (χ2n) is 5.82. The first-order valence-electron chi connectivity index (χ1n) is 7.29. The van der Waals surface area contributed by atoms with Gasteiger partial charge in [0.15, 0.2) is 0 Å². The third-order valence-corrected chi connectivity index (χ3v) is 5.34. The van der Waals surface area contributed by atoms with Crippen LogP contribution in [0.3, 0.4) is 0 Å². The molecule has 1 aliphatic rings. The maximum absolute atomic E-state index is 12.4. The molecule has 0 atom stereocenters. The summed E-state index contributed by atoms with van der Waals surface area (Å²) in [7, 11) is 0.767. The van der Waals surface area contributed by atoms with Gasteiger partial charge in [-0.2, -0.15) is 0 Å². The number of hydrogen-bond donors (Lipinski definition) is 1. The Balaban J connectivity index is 2.11. The summed E-state index contributed by atoms with van der Waals surface area (Å²) in [6, 6.07) is 6.05. The molecule has 7 nitrogen and oxygen atoms in total. The van der Waals surface area contributed by atoms with E-state index in [0.717, 1.165) is 17.1 Å². The molecule has 2 amide bonds. The monoisotopic (exact) mass is 339 g/mol. The first kappa shape index (κ1) is 17.4. The molecular weight excluding hydrogens is 318 g/mol. The lowest BCUT2D eigenvalue weighted by Gasteiger charge is -2.18. The number of sulfonamides is 1. The van der Waals surface area contributed by atoms with Crippen molar-refractivity contribution in [2.45, 2.75) is 23.8 Å². The molecule has 8 heteroatoms. The molecule has 0 aliphatic heterocycles. The van der Waals surface area contributed by atoms with E-state index >= 15 is 0 Å². The van der Waals surface area contributed by atoms with Gasteiger partial charge in [-0.3, -0.25) is 9.59 Å². The summed E-state index contributed by atoms with van der Waals surface area (Å²) < 4.78 is 25.3. The number of amides is 2. The second kappa shape index (κ2) is 6.67. The fourth-order valence-electron chi connectivity index (χ4n) is 2.01. The van der Waals surface area contributed by atoms with Gasteiger partial charge in [0.1, 0.15) is 0 Å². The smallest absolute Gasteiger partial charge is 0.254 e. The van der Waals surface area contributed by atoms with Crippen LogP contribution in [0.15, 0.2) is 29.2 Å². The third-order valence-electron chi connectivity index (χ3n) is 3.53. The minimum absolute atomic E-state index is 0.0455. The number of carbonyl (C=O) groups excluding carboxylic acids is 2. The molecule has 1 aromatic rings. The van der Waals surface area contributed by atoms with Crippen LogP contribution in [0.2, 0.25) is 0 Å². The van der Waals surface area contributed by atoms with Gasteiger partial charge in [0.05, 0.1) is 11.4 Å². The zero-order valence-electron chi connectivity index (χ0n) is 13.4. The summed E-state index contributed by atoms with van der Waals surface area (Å²) in [6.45, 7) is -0.0556. The summed E-state index contributed by atoms with van der Waals surface area (Å²) in [5.74, 6) is -0.604. The van der Waals surface area contributed by atoms with Crippen molar-refractivity contribution < 1.29 is 18.0 Å². The van der Waals surface area contributed by atoms with Crippen molar-refractivity contribution in [2.24, 2.45) is 0 Å². The average molecular weight is 339 g/mol. The molecule has 0 unspecified atom stereocenters. The highest BCUT2D eigenvalue weighted by Crippen LogP contribution is 2.18. The van der Waals surface area contributed by atoms with E-state index in [1.54, 1.807) is 0 Å². The van der Waals surface area contributed by atoms with Gasteiger partial charge in [-0.25, -0.2) is 12.7 Å². The van der Waals surface area contributed by atoms with Crippen molar-refractivity contribution in [2.75, 3.05) is 27.7 Å². The Morgan fingerprint density at radius 3 is 2.43 bits per heavy atom. The zero-order chi connectivity index (χ0) is 17.2. The van der Waals surface area contributed by atoms with Gasteiger partial charge >= 0.3 is 0 Å². The van der Waals surface area contributed by atoms with Gasteiger partial charge in [-0.1, -0.05) is 6.07 Å². The van der Waals surface area contributed by atoms with E-state index in [4.69, 9.17) is 0 Å². The van der Waals surface area contributed by atoms with E-state index in [1.807, 2.05) is 0 Å². The second-order valence-corrected chi connectivity index (χ2v) is 7.97. The van der Waals surface area contributed by atoms with Crippen LogP contribution in [0, 0.1) is 0 Å². The Bertz CT molecular complexity index is 711. The Hall–Kier alpha value is -1.93. The van der Waals surface area contributed by atoms with Crippen LogP contribution in [0.4, 0.5) is 0 Å². The first-order chi connectivity index (χ1) is 10.7. The molecule has 1 N–H and O–H groups in total. The minimum atomic E-state index is -3.61. The quantitative estimate of drug-likeness (QED) is 0.807. The lowest BCUT2D eigenvalue weighted by molar-refractivity contribution is -0.121. The van der Waals surface area contributed by atoms with Gasteiger partial charge < -0.3 is 10.2 Å². The topological polar surface area (TPSA) is 86.8 Å². The van der Waals surface area contributed by atoms with Gasteiger partial charge in [0.25, 0.3) is 5.91 Å². The highest BCUT2D eigenvalue weighted by molar-refractivity contribution is 7.89. The maximum atomic E-state index is 12.4. The van der Waals surface area contributed by atoms with E-state index < -0.39 is 15.9 Å². The molecule has 1 aliphatic carbocycles. The molecule has 23 heavy (non-hydrogen) atoms. The molecule has 0 heterocycles. The molecule has 0 bridgehead atoms. The molecule has 0 aromatic heterocycles. The molecule has 126 valence electrons. The highest BCUT2D eigenvalue weighted by Gasteiger charge is 2.25. The van der Waals surface area contributed by atoms with Crippen LogP contribution in [0.5, 0.6) is 0 Å². The highest BCUT2D eigenvalue weighted by atomic mass is 32.2. The van der Waals surface area contributed by atoms with Crippen molar-refractivity contribution >= 4 is 21.8 Å². The number of rotatable bonds is 6. The van der Waals surface area contributed by atoms with E-state index in [2.05, 4.69) is 5.32 Å². The van der Waals surface area contributed by atoms with Crippen LogP contribution in [0.1, 0.15) is 23.2 Å². The van der Waals surface area contributed by atoms with Gasteiger partial charge in [-0.15, -0.1) is 0 Å². The van der Waals surface area contributed by atoms with Crippen LogP contribution in [-0.4, -0.2) is 63.2 Å². The Labute approximate surface area is 136 Å². The van der Waals surface area contributed by atoms with Gasteiger partial charge in [0, 0.05) is 32.7 Å². The largest absolute Gasteiger partial charge is 0.352 e. The number of benzene rings is 1. The Kier molecular flexibility index (Phi) is 5.06. The number of carbonyl (C=O) groups is 2. The van der Waals surface area contributed by atoms with Crippen molar-refractivity contribution in [3.05, 3.63) is 29.8 Å². The fraction of sp³-hybridized carbons (Fsp3) is 0.467. The average Bonchev–Trinajstić information content (AvgIpc) is 3.30. The standard InChI is InChI=1S/C15H21N3O4S/c1-17(2)23(21,22)13-6-4-5-11(9-13)15(20)18(3)10-14(19)16-12-7-8-12/h4-6,9,12H,7-8,10H2,1-3H3,(H,16,19). The van der Waals surface area contributed by atoms with Crippen LogP contribution >= 0.6 is 0 Å². The number of nitrogens with zero attached hydrogens (tertiary/aromatic N) is 2. The first-order valence-corrected chi connectivity index (χ1v) is 8.73. The number of nitrogens with one attached hydrogen (secondary N) is 1. The fourth-order valence-corrected chi connectivity index (χ4v) is 2.96. The Morgan fingerprint density at radius 1 is 1.22 bits per heavy atom. The predicted molar refractivity (Wildman–Crippen MR) is 85.4 cm³/mol. The SMILES string of the molecule is CN(CC(=O)NC1CC1)C(=O)c1cccc(S(=O)(=O)N(C)C)c1. The van der Waals surface area contributed by atoms with Crippen molar-refractivity contribution in [3.8, 4) is 0 Å². The normalized spacial score (nSPS) is 14.6. The maximum Gasteiger partial charge on any atom is 0.254 e. The molecular formula is C15H21N3O4S. The number of hydrogen-bond acceptors (Lipinski definition) is 4. The molecule has 1 saturated carbocycles. The van der Waals surface area contributed by atoms with E-state index in [1.165, 1.54) is 50.3 Å². The summed E-state index contributed by atoms with van der Waals surface area (Å²) in [5.41, 5.74) is 0.231. The molecule has 1 aromatic carbocycles. The summed E-state index contributed by atoms with van der Waals surface area (Å²) in [5, 5.41) is 2.81. The summed E-state index contributed by atoms with van der Waals surface area (Å²) in [4.78, 5) is 25.4. The summed E-state index contributed by atoms with van der Waals surface area (Å²) >= 11 is 0. The minimum Gasteiger partial charge on any atom is -0.352 e. The molecule has 2 rings (SSSR count). The van der Waals surface area contributed by atoms with E-state index in [-0.39, 0.29) is 29.0 Å². The van der Waals surface area contributed by atoms with Crippen molar-refractivity contribution in [1.82, 2.24) is 14.5 Å². The van der Waals surface area contributed by atoms with Crippen molar-refractivity contribution in [1.29, 1.82) is 0 Å². The lowest BCUT2D eigenvalue weighted by atomic mass is 10.2. The molecule has 1 fully saturated rings. The summed E-state index contributed by atoms with van der Waals surface area (Å²) in [6.07, 6.45) is 1.96. The van der Waals surface area contributed by atoms with Gasteiger partial charge in [-0.05, 0) is 31.0 Å². The van der Waals surface area contributed by atoms with E-state index in [0.29, 0.717) is 0 Å². The molecule has 0 saturated heterocycles. The Morgan fingerprint density at radius 2 is 1.87 bits per heavy atom. The van der Waals surface area contributed by atoms with Gasteiger partial charge in [0.2, 0.25) is 15.9 Å². The van der Waals surface area contributed by atoms with Crippen LogP contribution < -0.4 is 5.32 Å². The van der Waals surface area contributed by atoms with Crippen LogP contribution in [0.25, 0.3) is 0 Å². The third kappa shape index (κ3) is 4.29. The number of likely N-dealkylation sites (N-methyl/N-ethyl adjacent to an activating group) is 1. The van der Waals surface area contributed by atoms with Crippen molar-refractivity contribution in [3.63, 3.8) is 0 Å². The van der Waals surface area contributed by atoms with Crippen LogP contribution in [-0.2, 0) is 14.8 Å². The lowest BCUT2D eigenvalue weighted by Crippen LogP contribution is -2.39.